The third-order valence-electron chi connectivity index (χ3n) is 3.32. The minimum absolute atomic E-state index is 0.0132. The summed E-state index contributed by atoms with van der Waals surface area (Å²) >= 11 is 1.23. The van der Waals surface area contributed by atoms with E-state index >= 15 is 0 Å². The molecule has 0 amide bonds. The number of hydrogen-bond acceptors (Lipinski definition) is 5. The van der Waals surface area contributed by atoms with Gasteiger partial charge >= 0.3 is 5.97 Å². The van der Waals surface area contributed by atoms with E-state index in [1.807, 2.05) is 12.1 Å². The highest BCUT2D eigenvalue weighted by Gasteiger charge is 2.39. The Kier molecular flexibility index (Phi) is 2.78. The lowest BCUT2D eigenvalue weighted by Gasteiger charge is -2.11. The van der Waals surface area contributed by atoms with Crippen LogP contribution in [0.5, 0.6) is 5.75 Å². The van der Waals surface area contributed by atoms with Gasteiger partial charge in [0.05, 0.1) is 6.42 Å². The summed E-state index contributed by atoms with van der Waals surface area (Å²) in [7, 11) is 0. The summed E-state index contributed by atoms with van der Waals surface area (Å²) in [6.07, 6.45) is -0.520. The van der Waals surface area contributed by atoms with Crippen molar-refractivity contribution in [2.75, 3.05) is 0 Å². The van der Waals surface area contributed by atoms with Crippen LogP contribution in [0.4, 0.5) is 0 Å². The average Bonchev–Trinajstić information content (AvgIpc) is 2.90. The van der Waals surface area contributed by atoms with Crippen molar-refractivity contribution < 1.29 is 19.4 Å². The number of rotatable bonds is 2. The molecule has 1 N–H and O–H groups in total. The number of carbonyl (C=O) groups is 2. The molecule has 1 aromatic heterocycles. The van der Waals surface area contributed by atoms with Crippen molar-refractivity contribution in [2.24, 2.45) is 5.92 Å². The maximum atomic E-state index is 12.4. The largest absolute Gasteiger partial charge is 0.506 e. The summed E-state index contributed by atoms with van der Waals surface area (Å²) in [5, 5.41) is 10.8. The molecule has 0 aliphatic carbocycles. The van der Waals surface area contributed by atoms with Crippen LogP contribution >= 0.6 is 11.3 Å². The fraction of sp³-hybridized carbons (Fsp3) is 0.286. The predicted octanol–water partition coefficient (Wildman–Crippen LogP) is 2.74. The number of carbonyl (C=O) groups excluding carboxylic acids is 2. The van der Waals surface area contributed by atoms with E-state index in [1.54, 1.807) is 19.1 Å². The summed E-state index contributed by atoms with van der Waals surface area (Å²) in [6, 6.07) is 7.27. The number of cyclic esters (lactones) is 1. The van der Waals surface area contributed by atoms with Gasteiger partial charge in [0, 0.05) is 16.0 Å². The summed E-state index contributed by atoms with van der Waals surface area (Å²) in [5.74, 6) is -0.825. The first kappa shape index (κ1) is 12.2. The number of aromatic hydroxyl groups is 1. The molecular formula is C14H12O4S. The highest BCUT2D eigenvalue weighted by Crippen LogP contribution is 2.39. The van der Waals surface area contributed by atoms with Crippen molar-refractivity contribution in [3.8, 4) is 5.75 Å². The second-order valence-corrected chi connectivity index (χ2v) is 5.78. The Bertz CT molecular complexity index is 673. The van der Waals surface area contributed by atoms with Crippen LogP contribution in [0.1, 0.15) is 23.0 Å². The van der Waals surface area contributed by atoms with E-state index in [0.29, 0.717) is 5.39 Å². The number of hydrogen-bond donors (Lipinski definition) is 1. The summed E-state index contributed by atoms with van der Waals surface area (Å²) < 4.78 is 5.90. The zero-order chi connectivity index (χ0) is 13.6. The van der Waals surface area contributed by atoms with Crippen LogP contribution in [0.25, 0.3) is 10.1 Å². The minimum atomic E-state index is -0.772. The second kappa shape index (κ2) is 4.35. The smallest absolute Gasteiger partial charge is 0.306 e. The van der Waals surface area contributed by atoms with Gasteiger partial charge in [0.15, 0.2) is 6.10 Å². The van der Waals surface area contributed by atoms with Crippen molar-refractivity contribution in [2.45, 2.75) is 19.4 Å². The van der Waals surface area contributed by atoms with Gasteiger partial charge in [0.2, 0.25) is 5.78 Å². The van der Waals surface area contributed by atoms with Gasteiger partial charge < -0.3 is 9.84 Å². The molecule has 1 fully saturated rings. The maximum absolute atomic E-state index is 12.4. The Balaban J connectivity index is 2.02. The van der Waals surface area contributed by atoms with Crippen molar-refractivity contribution in [1.82, 2.24) is 0 Å². The van der Waals surface area contributed by atoms with Crippen molar-refractivity contribution in [1.29, 1.82) is 0 Å². The molecule has 1 aromatic carbocycles. The van der Waals surface area contributed by atoms with Gasteiger partial charge in [0.1, 0.15) is 10.6 Å². The van der Waals surface area contributed by atoms with Gasteiger partial charge in [-0.15, -0.1) is 11.3 Å². The Morgan fingerprint density at radius 3 is 2.79 bits per heavy atom. The van der Waals surface area contributed by atoms with Crippen LogP contribution in [0.2, 0.25) is 0 Å². The quantitative estimate of drug-likeness (QED) is 0.676. The van der Waals surface area contributed by atoms with Gasteiger partial charge in [-0.05, 0) is 12.1 Å². The Labute approximate surface area is 113 Å². The Morgan fingerprint density at radius 2 is 2.16 bits per heavy atom. The number of benzene rings is 1. The van der Waals surface area contributed by atoms with E-state index in [1.165, 1.54) is 11.3 Å². The highest BCUT2D eigenvalue weighted by molar-refractivity contribution is 7.21. The molecule has 2 heterocycles. The number of Topliss-reactive ketones (excluding diaryl/α,β-unsaturated/α-hetero) is 1. The minimum Gasteiger partial charge on any atom is -0.506 e. The molecule has 0 radical (unpaired) electrons. The fourth-order valence-electron chi connectivity index (χ4n) is 2.32. The molecule has 5 heteroatoms. The molecule has 1 aliphatic heterocycles. The topological polar surface area (TPSA) is 63.6 Å². The van der Waals surface area contributed by atoms with Gasteiger partial charge in [-0.3, -0.25) is 9.59 Å². The lowest BCUT2D eigenvalue weighted by atomic mass is 9.99. The van der Waals surface area contributed by atoms with E-state index in [-0.39, 0.29) is 34.7 Å². The molecule has 0 saturated carbocycles. The molecule has 0 spiro atoms. The lowest BCUT2D eigenvalue weighted by molar-refractivity contribution is -0.140. The standard InChI is InChI=1S/C14H12O4S/c1-7-6-10(15)18-13(7)12(17)14-11(16)8-4-2-3-5-9(8)19-14/h2-5,7,13,16H,6H2,1H3/t7-,13-/m1/s1. The summed E-state index contributed by atoms with van der Waals surface area (Å²) in [6.45, 7) is 1.80. The zero-order valence-corrected chi connectivity index (χ0v) is 11.1. The van der Waals surface area contributed by atoms with Crippen molar-refractivity contribution in [3.05, 3.63) is 29.1 Å². The zero-order valence-electron chi connectivity index (χ0n) is 10.3. The summed E-state index contributed by atoms with van der Waals surface area (Å²) in [5.41, 5.74) is 0. The van der Waals surface area contributed by atoms with Crippen molar-refractivity contribution in [3.63, 3.8) is 0 Å². The van der Waals surface area contributed by atoms with E-state index in [0.717, 1.165) is 4.70 Å². The number of esters is 1. The molecule has 2 aromatic rings. The molecule has 19 heavy (non-hydrogen) atoms. The average molecular weight is 276 g/mol. The fourth-order valence-corrected chi connectivity index (χ4v) is 3.38. The Morgan fingerprint density at radius 1 is 1.42 bits per heavy atom. The predicted molar refractivity (Wildman–Crippen MR) is 71.5 cm³/mol. The first-order chi connectivity index (χ1) is 9.08. The van der Waals surface area contributed by atoms with Gasteiger partial charge in [0.25, 0.3) is 0 Å². The number of thiophene rings is 1. The van der Waals surface area contributed by atoms with Crippen LogP contribution in [-0.4, -0.2) is 23.0 Å². The molecule has 2 atom stereocenters. The third-order valence-corrected chi connectivity index (χ3v) is 4.49. The molecular weight excluding hydrogens is 264 g/mol. The van der Waals surface area contributed by atoms with E-state index in [2.05, 4.69) is 0 Å². The number of ketones is 1. The molecule has 3 rings (SSSR count). The van der Waals surface area contributed by atoms with E-state index < -0.39 is 6.10 Å². The molecule has 4 nitrogen and oxygen atoms in total. The molecule has 0 bridgehead atoms. The van der Waals surface area contributed by atoms with Crippen LogP contribution < -0.4 is 0 Å². The maximum Gasteiger partial charge on any atom is 0.306 e. The van der Waals surface area contributed by atoms with Gasteiger partial charge in [-0.25, -0.2) is 0 Å². The van der Waals surface area contributed by atoms with E-state index in [9.17, 15) is 14.7 Å². The lowest BCUT2D eigenvalue weighted by Crippen LogP contribution is -2.24. The first-order valence-electron chi connectivity index (χ1n) is 6.02. The second-order valence-electron chi connectivity index (χ2n) is 4.73. The van der Waals surface area contributed by atoms with Gasteiger partial charge in [-0.2, -0.15) is 0 Å². The van der Waals surface area contributed by atoms with Gasteiger partial charge in [-0.1, -0.05) is 19.1 Å². The molecule has 1 saturated heterocycles. The molecule has 1 aliphatic rings. The summed E-state index contributed by atoms with van der Waals surface area (Å²) in [4.78, 5) is 23.9. The number of ether oxygens (including phenoxy) is 1. The highest BCUT2D eigenvalue weighted by atomic mass is 32.1. The first-order valence-corrected chi connectivity index (χ1v) is 6.83. The van der Waals surface area contributed by atoms with Crippen LogP contribution in [0.15, 0.2) is 24.3 Å². The third kappa shape index (κ3) is 1.90. The van der Waals surface area contributed by atoms with E-state index in [4.69, 9.17) is 4.74 Å². The SMILES string of the molecule is C[C@@H]1CC(=O)O[C@H]1C(=O)c1sc2ccccc2c1O. The van der Waals surface area contributed by atoms with Crippen LogP contribution in [-0.2, 0) is 9.53 Å². The number of fused-ring (bicyclic) bond motifs is 1. The Hall–Kier alpha value is -1.88. The van der Waals surface area contributed by atoms with Crippen LogP contribution in [0, 0.1) is 5.92 Å². The van der Waals surface area contributed by atoms with Crippen molar-refractivity contribution >= 4 is 33.2 Å². The monoisotopic (exact) mass is 276 g/mol. The molecule has 98 valence electrons. The normalized spacial score (nSPS) is 22.7. The molecule has 0 unspecified atom stereocenters. The van der Waals surface area contributed by atoms with Crippen LogP contribution in [0.3, 0.4) is 0 Å².